The Balaban J connectivity index is 1.56. The highest BCUT2D eigenvalue weighted by Crippen LogP contribution is 2.17. The van der Waals surface area contributed by atoms with Gasteiger partial charge in [0, 0.05) is 24.9 Å². The summed E-state index contributed by atoms with van der Waals surface area (Å²) < 4.78 is 40.2. The quantitative estimate of drug-likeness (QED) is 0.231. The lowest BCUT2D eigenvalue weighted by atomic mass is 10.1. The summed E-state index contributed by atoms with van der Waals surface area (Å²) in [5.74, 6) is -6.70. The van der Waals surface area contributed by atoms with Gasteiger partial charge < -0.3 is 14.6 Å². The molecule has 1 aromatic heterocycles. The number of carbonyl (C=O) groups excluding carboxylic acids is 5. The number of aryl methyl sites for hydroxylation is 2. The molecule has 0 fully saturated rings. The molecule has 0 unspecified atom stereocenters. The van der Waals surface area contributed by atoms with E-state index in [4.69, 9.17) is 0 Å². The third-order valence-corrected chi connectivity index (χ3v) is 5.99. The molecule has 0 aliphatic carbocycles. The molecule has 2 N–H and O–H groups in total. The smallest absolute Gasteiger partial charge is 0.386 e. The molecular formula is C29H29F3N4O6. The van der Waals surface area contributed by atoms with Crippen LogP contribution in [0.4, 0.5) is 13.2 Å². The van der Waals surface area contributed by atoms with Crippen LogP contribution < -0.4 is 5.32 Å². The minimum absolute atomic E-state index is 0.0222. The van der Waals surface area contributed by atoms with Gasteiger partial charge in [-0.05, 0) is 36.8 Å². The Labute approximate surface area is 239 Å². The van der Waals surface area contributed by atoms with Crippen LogP contribution in [0.2, 0.25) is 0 Å². The van der Waals surface area contributed by atoms with Crippen LogP contribution in [0.25, 0.3) is 0 Å². The zero-order chi connectivity index (χ0) is 30.5. The van der Waals surface area contributed by atoms with Crippen molar-refractivity contribution in [1.29, 1.82) is 0 Å². The van der Waals surface area contributed by atoms with E-state index in [0.717, 1.165) is 24.1 Å². The zero-order valence-electron chi connectivity index (χ0n) is 22.5. The highest BCUT2D eigenvalue weighted by atomic mass is 19.4. The fourth-order valence-corrected chi connectivity index (χ4v) is 3.89. The lowest BCUT2D eigenvalue weighted by Crippen LogP contribution is -2.44. The normalized spacial score (nSPS) is 11.0. The summed E-state index contributed by atoms with van der Waals surface area (Å²) in [5, 5.41) is 1.99. The van der Waals surface area contributed by atoms with Crippen molar-refractivity contribution in [1.82, 2.24) is 20.2 Å². The maximum Gasteiger partial charge on any atom is 0.491 e. The maximum absolute atomic E-state index is 13.3. The molecule has 0 radical (unpaired) electrons. The standard InChI is InChI=1S/C29H29F3N4O6/c30-29(31,32)28(41)42-25(39)15-14-23(37)35-24(38)19-36(17-16-21-10-5-2-6-11-21)27(40)26-33-18-22(34-26)13-7-12-20-8-3-1-4-9-20/h1-6,8-11,18H,7,12-17,19H2,(H,33,34)(H,35,37,38). The van der Waals surface area contributed by atoms with E-state index in [-0.39, 0.29) is 12.4 Å². The molecule has 0 atom stereocenters. The second kappa shape index (κ2) is 15.3. The molecule has 1 heterocycles. The van der Waals surface area contributed by atoms with E-state index in [9.17, 15) is 37.1 Å². The maximum atomic E-state index is 13.3. The minimum Gasteiger partial charge on any atom is -0.386 e. The van der Waals surface area contributed by atoms with Crippen molar-refractivity contribution in [3.05, 3.63) is 89.5 Å². The van der Waals surface area contributed by atoms with Gasteiger partial charge in [0.2, 0.25) is 11.8 Å². The molecule has 0 aliphatic rings. The lowest BCUT2D eigenvalue weighted by Gasteiger charge is -2.21. The first-order valence-electron chi connectivity index (χ1n) is 13.1. The van der Waals surface area contributed by atoms with E-state index in [0.29, 0.717) is 12.8 Å². The van der Waals surface area contributed by atoms with Crippen molar-refractivity contribution in [2.75, 3.05) is 13.1 Å². The van der Waals surface area contributed by atoms with E-state index in [1.54, 1.807) is 6.20 Å². The van der Waals surface area contributed by atoms with Crippen LogP contribution in [-0.2, 0) is 43.2 Å². The van der Waals surface area contributed by atoms with E-state index >= 15 is 0 Å². The number of nitrogens with one attached hydrogen (secondary N) is 2. The number of alkyl halides is 3. The Morgan fingerprint density at radius 1 is 0.833 bits per heavy atom. The predicted molar refractivity (Wildman–Crippen MR) is 143 cm³/mol. The Morgan fingerprint density at radius 2 is 1.45 bits per heavy atom. The summed E-state index contributed by atoms with van der Waals surface area (Å²) in [6.07, 6.45) is -2.67. The Bertz CT molecular complexity index is 1380. The zero-order valence-corrected chi connectivity index (χ0v) is 22.5. The monoisotopic (exact) mass is 586 g/mol. The van der Waals surface area contributed by atoms with Crippen molar-refractivity contribution in [3.63, 3.8) is 0 Å². The van der Waals surface area contributed by atoms with E-state index in [2.05, 4.69) is 14.7 Å². The van der Waals surface area contributed by atoms with E-state index in [1.165, 1.54) is 10.5 Å². The number of H-pyrrole nitrogens is 1. The molecule has 10 nitrogen and oxygen atoms in total. The largest absolute Gasteiger partial charge is 0.491 e. The number of nitrogens with zero attached hydrogens (tertiary/aromatic N) is 2. The lowest BCUT2D eigenvalue weighted by molar-refractivity contribution is -0.201. The second-order valence-electron chi connectivity index (χ2n) is 9.29. The highest BCUT2D eigenvalue weighted by Gasteiger charge is 2.42. The average molecular weight is 587 g/mol. The van der Waals surface area contributed by atoms with Gasteiger partial charge in [0.25, 0.3) is 5.91 Å². The van der Waals surface area contributed by atoms with Crippen LogP contribution in [0, 0.1) is 0 Å². The first-order chi connectivity index (χ1) is 20.0. The molecule has 0 aliphatic heterocycles. The van der Waals surface area contributed by atoms with Crippen LogP contribution in [0.1, 0.15) is 46.7 Å². The molecule has 0 spiro atoms. The molecular weight excluding hydrogens is 557 g/mol. The number of halogens is 3. The van der Waals surface area contributed by atoms with Crippen LogP contribution in [-0.4, -0.2) is 63.8 Å². The van der Waals surface area contributed by atoms with Gasteiger partial charge in [0.1, 0.15) is 6.54 Å². The fourth-order valence-electron chi connectivity index (χ4n) is 3.89. The number of imide groups is 1. The molecule has 3 amide bonds. The van der Waals surface area contributed by atoms with Gasteiger partial charge in [-0.25, -0.2) is 9.78 Å². The number of ether oxygens (including phenoxy) is 1. The number of imidazole rings is 1. The predicted octanol–water partition coefficient (Wildman–Crippen LogP) is 3.33. The van der Waals surface area contributed by atoms with Crippen molar-refractivity contribution in [3.8, 4) is 0 Å². The van der Waals surface area contributed by atoms with Crippen molar-refractivity contribution >= 4 is 29.7 Å². The van der Waals surface area contributed by atoms with E-state index < -0.39 is 55.2 Å². The van der Waals surface area contributed by atoms with Crippen LogP contribution >= 0.6 is 0 Å². The number of benzene rings is 2. The van der Waals surface area contributed by atoms with Crippen LogP contribution in [0.3, 0.4) is 0 Å². The second-order valence-corrected chi connectivity index (χ2v) is 9.29. The number of rotatable bonds is 13. The Hall–Kier alpha value is -4.81. The number of carbonyl (C=O) groups is 5. The third kappa shape index (κ3) is 10.6. The van der Waals surface area contributed by atoms with Gasteiger partial charge in [0.05, 0.1) is 6.42 Å². The van der Waals surface area contributed by atoms with Gasteiger partial charge in [-0.3, -0.25) is 24.5 Å². The Kier molecular flexibility index (Phi) is 11.5. The Morgan fingerprint density at radius 3 is 2.07 bits per heavy atom. The molecule has 3 aromatic rings. The SMILES string of the molecule is O=C(CCC(=O)OC(=O)C(F)(F)F)NC(=O)CN(CCc1ccccc1)C(=O)c1ncc(CCCc2ccccc2)[nH]1. The molecule has 2 aromatic carbocycles. The van der Waals surface area contributed by atoms with Gasteiger partial charge in [-0.2, -0.15) is 13.2 Å². The molecule has 13 heteroatoms. The number of aromatic nitrogens is 2. The number of hydrogen-bond acceptors (Lipinski definition) is 7. The fraction of sp³-hybridized carbons (Fsp3) is 0.310. The molecule has 3 rings (SSSR count). The van der Waals surface area contributed by atoms with Crippen LogP contribution in [0.15, 0.2) is 66.9 Å². The summed E-state index contributed by atoms with van der Waals surface area (Å²) in [6.45, 7) is -0.418. The van der Waals surface area contributed by atoms with Gasteiger partial charge in [-0.15, -0.1) is 0 Å². The number of hydrogen-bond donors (Lipinski definition) is 2. The third-order valence-electron chi connectivity index (χ3n) is 5.99. The number of amides is 3. The summed E-state index contributed by atoms with van der Waals surface area (Å²) in [7, 11) is 0. The van der Waals surface area contributed by atoms with Crippen molar-refractivity contribution < 1.29 is 41.9 Å². The van der Waals surface area contributed by atoms with Crippen LogP contribution in [0.5, 0.6) is 0 Å². The number of esters is 2. The topological polar surface area (TPSA) is 139 Å². The van der Waals surface area contributed by atoms with Gasteiger partial charge in [-0.1, -0.05) is 60.7 Å². The summed E-state index contributed by atoms with van der Waals surface area (Å²) in [5.41, 5.74) is 2.83. The van der Waals surface area contributed by atoms with Gasteiger partial charge >= 0.3 is 18.1 Å². The first-order valence-corrected chi connectivity index (χ1v) is 13.1. The average Bonchev–Trinajstić information content (AvgIpc) is 3.43. The summed E-state index contributed by atoms with van der Waals surface area (Å²) >= 11 is 0. The van der Waals surface area contributed by atoms with Gasteiger partial charge in [0.15, 0.2) is 5.82 Å². The van der Waals surface area contributed by atoms with Crippen molar-refractivity contribution in [2.45, 2.75) is 44.7 Å². The molecule has 0 saturated carbocycles. The summed E-state index contributed by atoms with van der Waals surface area (Å²) in [4.78, 5) is 68.4. The molecule has 42 heavy (non-hydrogen) atoms. The first kappa shape index (κ1) is 31.7. The highest BCUT2D eigenvalue weighted by molar-refractivity contribution is 6.00. The summed E-state index contributed by atoms with van der Waals surface area (Å²) in [6, 6.07) is 19.1. The number of aromatic amines is 1. The van der Waals surface area contributed by atoms with E-state index in [1.807, 2.05) is 66.0 Å². The minimum atomic E-state index is -5.36. The molecule has 222 valence electrons. The van der Waals surface area contributed by atoms with Crippen molar-refractivity contribution in [2.24, 2.45) is 0 Å². The molecule has 0 bridgehead atoms. The molecule has 0 saturated heterocycles.